The van der Waals surface area contributed by atoms with Gasteiger partial charge in [0, 0.05) is 25.3 Å². The Labute approximate surface area is 142 Å². The number of benzene rings is 2. The molecule has 0 unspecified atom stereocenters. The minimum atomic E-state index is 0.493. The highest BCUT2D eigenvalue weighted by Crippen LogP contribution is 2.28. The first kappa shape index (κ1) is 15.4. The van der Waals surface area contributed by atoms with E-state index in [1.54, 1.807) is 13.4 Å². The second kappa shape index (κ2) is 6.75. The number of hydrogen-bond donors (Lipinski definition) is 0. The molecule has 1 saturated heterocycles. The van der Waals surface area contributed by atoms with Gasteiger partial charge in [-0.1, -0.05) is 36.4 Å². The third-order valence-corrected chi connectivity index (χ3v) is 4.80. The number of rotatable bonds is 5. The Kier molecular flexibility index (Phi) is 4.32. The Morgan fingerprint density at radius 3 is 3.00 bits per heavy atom. The van der Waals surface area contributed by atoms with Crippen molar-refractivity contribution in [1.82, 2.24) is 9.88 Å². The summed E-state index contributed by atoms with van der Waals surface area (Å²) in [5.74, 6) is 0.698. The third kappa shape index (κ3) is 2.95. The van der Waals surface area contributed by atoms with Crippen molar-refractivity contribution in [3.05, 3.63) is 54.4 Å². The van der Waals surface area contributed by atoms with Gasteiger partial charge in [0.1, 0.15) is 6.26 Å². The molecule has 0 spiro atoms. The summed E-state index contributed by atoms with van der Waals surface area (Å²) in [4.78, 5) is 7.18. The molecular formula is C20H22N2O2. The Morgan fingerprint density at radius 1 is 1.21 bits per heavy atom. The number of nitrogens with zero attached hydrogens (tertiary/aromatic N) is 2. The van der Waals surface area contributed by atoms with Crippen molar-refractivity contribution in [2.75, 3.05) is 20.3 Å². The van der Waals surface area contributed by atoms with Gasteiger partial charge in [-0.2, -0.15) is 0 Å². The average Bonchev–Trinajstić information content (AvgIpc) is 3.25. The van der Waals surface area contributed by atoms with Crippen molar-refractivity contribution >= 4 is 10.8 Å². The normalized spacial score (nSPS) is 18.5. The van der Waals surface area contributed by atoms with E-state index < -0.39 is 0 Å². The quantitative estimate of drug-likeness (QED) is 0.709. The number of methoxy groups -OCH3 is 1. The van der Waals surface area contributed by atoms with Gasteiger partial charge in [0.2, 0.25) is 5.89 Å². The predicted molar refractivity (Wildman–Crippen MR) is 94.8 cm³/mol. The molecule has 0 amide bonds. The van der Waals surface area contributed by atoms with Gasteiger partial charge in [-0.3, -0.25) is 4.90 Å². The minimum Gasteiger partial charge on any atom is -0.444 e. The lowest BCUT2D eigenvalue weighted by atomic mass is 10.0. The number of hydrogen-bond acceptors (Lipinski definition) is 4. The fraction of sp³-hybridized carbons (Fsp3) is 0.350. The highest BCUT2D eigenvalue weighted by molar-refractivity contribution is 5.94. The monoisotopic (exact) mass is 322 g/mol. The van der Waals surface area contributed by atoms with Crippen LogP contribution in [0.15, 0.2) is 53.1 Å². The number of likely N-dealkylation sites (tertiary alicyclic amines) is 1. The molecule has 0 bridgehead atoms. The zero-order valence-electron chi connectivity index (χ0n) is 13.9. The van der Waals surface area contributed by atoms with Gasteiger partial charge < -0.3 is 9.15 Å². The van der Waals surface area contributed by atoms with Crippen LogP contribution in [-0.2, 0) is 11.3 Å². The van der Waals surface area contributed by atoms with Crippen LogP contribution >= 0.6 is 0 Å². The van der Waals surface area contributed by atoms with Crippen LogP contribution in [0.25, 0.3) is 22.2 Å². The summed E-state index contributed by atoms with van der Waals surface area (Å²) < 4.78 is 11.1. The Morgan fingerprint density at radius 2 is 2.08 bits per heavy atom. The van der Waals surface area contributed by atoms with E-state index in [0.717, 1.165) is 31.0 Å². The Balaban J connectivity index is 1.58. The number of fused-ring (bicyclic) bond motifs is 1. The summed E-state index contributed by atoms with van der Waals surface area (Å²) in [6.45, 7) is 2.71. The number of aromatic nitrogens is 1. The van der Waals surface area contributed by atoms with E-state index >= 15 is 0 Å². The van der Waals surface area contributed by atoms with Crippen LogP contribution < -0.4 is 0 Å². The largest absolute Gasteiger partial charge is 0.444 e. The Bertz CT molecular complexity index is 822. The van der Waals surface area contributed by atoms with Crippen molar-refractivity contribution < 1.29 is 9.15 Å². The third-order valence-electron chi connectivity index (χ3n) is 4.80. The van der Waals surface area contributed by atoms with E-state index in [1.807, 2.05) is 0 Å². The summed E-state index contributed by atoms with van der Waals surface area (Å²) >= 11 is 0. The van der Waals surface area contributed by atoms with Crippen molar-refractivity contribution in [3.63, 3.8) is 0 Å². The summed E-state index contributed by atoms with van der Waals surface area (Å²) in [6.07, 6.45) is 4.21. The van der Waals surface area contributed by atoms with Gasteiger partial charge in [-0.25, -0.2) is 4.98 Å². The van der Waals surface area contributed by atoms with Crippen LogP contribution in [0.3, 0.4) is 0 Å². The molecule has 0 aliphatic carbocycles. The molecule has 0 radical (unpaired) electrons. The lowest BCUT2D eigenvalue weighted by Crippen LogP contribution is -2.32. The van der Waals surface area contributed by atoms with Crippen LogP contribution in [0.5, 0.6) is 0 Å². The lowest BCUT2D eigenvalue weighted by molar-refractivity contribution is 0.111. The van der Waals surface area contributed by atoms with Gasteiger partial charge in [0.05, 0.1) is 12.3 Å². The molecule has 1 atom stereocenters. The van der Waals surface area contributed by atoms with Gasteiger partial charge in [-0.15, -0.1) is 0 Å². The van der Waals surface area contributed by atoms with E-state index in [-0.39, 0.29) is 0 Å². The fourth-order valence-corrected chi connectivity index (χ4v) is 3.61. The molecule has 0 N–H and O–H groups in total. The van der Waals surface area contributed by atoms with E-state index in [1.165, 1.54) is 23.6 Å². The van der Waals surface area contributed by atoms with Crippen LogP contribution in [-0.4, -0.2) is 36.2 Å². The van der Waals surface area contributed by atoms with Crippen molar-refractivity contribution in [2.24, 2.45) is 0 Å². The predicted octanol–water partition coefficient (Wildman–Crippen LogP) is 4.11. The van der Waals surface area contributed by atoms with Crippen LogP contribution in [0.4, 0.5) is 0 Å². The molecule has 4 nitrogen and oxygen atoms in total. The molecule has 0 saturated carbocycles. The smallest absolute Gasteiger partial charge is 0.226 e. The molecular weight excluding hydrogens is 300 g/mol. The average molecular weight is 322 g/mol. The molecule has 1 aliphatic heterocycles. The van der Waals surface area contributed by atoms with E-state index in [0.29, 0.717) is 11.9 Å². The molecule has 2 aromatic carbocycles. The summed E-state index contributed by atoms with van der Waals surface area (Å²) in [5.41, 5.74) is 2.04. The van der Waals surface area contributed by atoms with E-state index in [2.05, 4.69) is 47.4 Å². The van der Waals surface area contributed by atoms with Crippen LogP contribution in [0, 0.1) is 0 Å². The second-order valence-corrected chi connectivity index (χ2v) is 6.39. The molecule has 4 heteroatoms. The molecule has 1 aromatic heterocycles. The standard InChI is InChI=1S/C20H22N2O2/c1-23-14-17-8-5-11-22(17)12-16-13-24-20(21-16)19-10-4-7-15-6-2-3-9-18(15)19/h2-4,6-7,9-10,13,17H,5,8,11-12,14H2,1H3/t17-/m1/s1. The summed E-state index contributed by atoms with van der Waals surface area (Å²) in [7, 11) is 1.77. The maximum absolute atomic E-state index is 5.80. The van der Waals surface area contributed by atoms with Crippen molar-refractivity contribution in [2.45, 2.75) is 25.4 Å². The molecule has 4 rings (SSSR count). The van der Waals surface area contributed by atoms with Crippen molar-refractivity contribution in [3.8, 4) is 11.5 Å². The molecule has 124 valence electrons. The first-order valence-corrected chi connectivity index (χ1v) is 8.50. The topological polar surface area (TPSA) is 38.5 Å². The maximum Gasteiger partial charge on any atom is 0.226 e. The van der Waals surface area contributed by atoms with Crippen LogP contribution in [0.1, 0.15) is 18.5 Å². The molecule has 1 aliphatic rings. The second-order valence-electron chi connectivity index (χ2n) is 6.39. The molecule has 24 heavy (non-hydrogen) atoms. The lowest BCUT2D eigenvalue weighted by Gasteiger charge is -2.22. The van der Waals surface area contributed by atoms with Crippen LogP contribution in [0.2, 0.25) is 0 Å². The van der Waals surface area contributed by atoms with Gasteiger partial charge in [0.15, 0.2) is 0 Å². The maximum atomic E-state index is 5.80. The minimum absolute atomic E-state index is 0.493. The molecule has 3 aromatic rings. The fourth-order valence-electron chi connectivity index (χ4n) is 3.61. The zero-order chi connectivity index (χ0) is 16.4. The Hall–Kier alpha value is -2.17. The first-order valence-electron chi connectivity index (χ1n) is 8.50. The number of ether oxygens (including phenoxy) is 1. The highest BCUT2D eigenvalue weighted by Gasteiger charge is 2.25. The molecule has 1 fully saturated rings. The van der Waals surface area contributed by atoms with E-state index in [4.69, 9.17) is 14.1 Å². The zero-order valence-corrected chi connectivity index (χ0v) is 13.9. The van der Waals surface area contributed by atoms with Gasteiger partial charge in [0.25, 0.3) is 0 Å². The number of oxazole rings is 1. The van der Waals surface area contributed by atoms with Crippen molar-refractivity contribution in [1.29, 1.82) is 0 Å². The van der Waals surface area contributed by atoms with Gasteiger partial charge >= 0.3 is 0 Å². The summed E-state index contributed by atoms with van der Waals surface area (Å²) in [6, 6.07) is 15.1. The SMILES string of the molecule is COC[C@H]1CCCN1Cc1coc(-c2cccc3ccccc23)n1. The first-order chi connectivity index (χ1) is 11.8. The van der Waals surface area contributed by atoms with Gasteiger partial charge in [-0.05, 0) is 36.2 Å². The molecule has 2 heterocycles. The summed E-state index contributed by atoms with van der Waals surface area (Å²) in [5, 5.41) is 2.38. The van der Waals surface area contributed by atoms with E-state index in [9.17, 15) is 0 Å². The highest BCUT2D eigenvalue weighted by atomic mass is 16.5.